The number of methoxy groups -OCH3 is 1. The summed E-state index contributed by atoms with van der Waals surface area (Å²) in [5, 5.41) is 0. The van der Waals surface area contributed by atoms with E-state index in [1.807, 2.05) is 51.1 Å². The molecule has 0 heterocycles. The summed E-state index contributed by atoms with van der Waals surface area (Å²) in [7, 11) is 1.65. The third-order valence-electron chi connectivity index (χ3n) is 1.91. The predicted octanol–water partition coefficient (Wildman–Crippen LogP) is 3.52. The molecule has 0 fully saturated rings. The zero-order valence-corrected chi connectivity index (χ0v) is 9.78. The van der Waals surface area contributed by atoms with Crippen LogP contribution >= 0.6 is 0 Å². The number of ether oxygens (including phenoxy) is 2. The van der Waals surface area contributed by atoms with Gasteiger partial charge in [0.1, 0.15) is 0 Å². The van der Waals surface area contributed by atoms with Crippen LogP contribution in [0.3, 0.4) is 0 Å². The molecular formula is C13H18O2. The summed E-state index contributed by atoms with van der Waals surface area (Å²) in [6.45, 7) is 5.99. The molecule has 0 aliphatic heterocycles. The minimum Gasteiger partial charge on any atom is -0.493 e. The first-order chi connectivity index (χ1) is 7.17. The molecule has 0 aliphatic carbocycles. The van der Waals surface area contributed by atoms with E-state index in [-0.39, 0.29) is 6.10 Å². The van der Waals surface area contributed by atoms with Crippen LogP contribution in [0.25, 0.3) is 6.08 Å². The van der Waals surface area contributed by atoms with Crippen LogP contribution in [0.5, 0.6) is 11.5 Å². The van der Waals surface area contributed by atoms with E-state index >= 15 is 0 Å². The molecule has 0 bridgehead atoms. The van der Waals surface area contributed by atoms with Crippen molar-refractivity contribution in [2.75, 3.05) is 7.11 Å². The number of hydrogen-bond acceptors (Lipinski definition) is 2. The van der Waals surface area contributed by atoms with E-state index in [0.29, 0.717) is 0 Å². The summed E-state index contributed by atoms with van der Waals surface area (Å²) >= 11 is 0. The second kappa shape index (κ2) is 5.44. The summed E-state index contributed by atoms with van der Waals surface area (Å²) in [5.74, 6) is 1.57. The van der Waals surface area contributed by atoms with Crippen LogP contribution in [-0.2, 0) is 0 Å². The lowest BCUT2D eigenvalue weighted by Gasteiger charge is -2.13. The summed E-state index contributed by atoms with van der Waals surface area (Å²) < 4.78 is 10.9. The van der Waals surface area contributed by atoms with Crippen LogP contribution in [-0.4, -0.2) is 13.2 Å². The van der Waals surface area contributed by atoms with E-state index < -0.39 is 0 Å². The smallest absolute Gasteiger partial charge is 0.161 e. The van der Waals surface area contributed by atoms with Crippen molar-refractivity contribution in [1.29, 1.82) is 0 Å². The number of rotatable bonds is 4. The van der Waals surface area contributed by atoms with Gasteiger partial charge in [-0.1, -0.05) is 18.2 Å². The van der Waals surface area contributed by atoms with Gasteiger partial charge in [-0.2, -0.15) is 0 Å². The van der Waals surface area contributed by atoms with Gasteiger partial charge in [0.2, 0.25) is 0 Å². The van der Waals surface area contributed by atoms with Gasteiger partial charge in [0.05, 0.1) is 13.2 Å². The average Bonchev–Trinajstić information content (AvgIpc) is 2.20. The molecule has 1 rings (SSSR count). The van der Waals surface area contributed by atoms with Crippen molar-refractivity contribution in [2.24, 2.45) is 0 Å². The van der Waals surface area contributed by atoms with Crippen molar-refractivity contribution in [3.8, 4) is 11.5 Å². The van der Waals surface area contributed by atoms with Gasteiger partial charge >= 0.3 is 0 Å². The Bertz CT molecular complexity index is 340. The van der Waals surface area contributed by atoms with Crippen molar-refractivity contribution in [1.82, 2.24) is 0 Å². The Kier molecular flexibility index (Phi) is 4.22. The molecule has 0 atom stereocenters. The van der Waals surface area contributed by atoms with Gasteiger partial charge in [-0.25, -0.2) is 0 Å². The average molecular weight is 206 g/mol. The Morgan fingerprint density at radius 2 is 1.93 bits per heavy atom. The first-order valence-corrected chi connectivity index (χ1v) is 5.14. The summed E-state index contributed by atoms with van der Waals surface area (Å²) in [5.41, 5.74) is 1.12. The monoisotopic (exact) mass is 206 g/mol. The Morgan fingerprint density at radius 3 is 2.47 bits per heavy atom. The second-order valence-corrected chi connectivity index (χ2v) is 3.58. The molecule has 0 aromatic heterocycles. The Balaban J connectivity index is 2.98. The fraction of sp³-hybridized carbons (Fsp3) is 0.385. The van der Waals surface area contributed by atoms with Crippen LogP contribution in [0.4, 0.5) is 0 Å². The topological polar surface area (TPSA) is 18.5 Å². The van der Waals surface area contributed by atoms with E-state index in [1.165, 1.54) is 0 Å². The predicted molar refractivity (Wildman–Crippen MR) is 63.5 cm³/mol. The Morgan fingerprint density at radius 1 is 1.20 bits per heavy atom. The molecule has 0 saturated carbocycles. The highest BCUT2D eigenvalue weighted by Crippen LogP contribution is 2.29. The van der Waals surface area contributed by atoms with Crippen LogP contribution < -0.4 is 9.47 Å². The van der Waals surface area contributed by atoms with Crippen LogP contribution in [0, 0.1) is 0 Å². The minimum atomic E-state index is 0.159. The number of hydrogen-bond donors (Lipinski definition) is 0. The lowest BCUT2D eigenvalue weighted by atomic mass is 10.2. The van der Waals surface area contributed by atoms with Crippen LogP contribution in [0.2, 0.25) is 0 Å². The van der Waals surface area contributed by atoms with E-state index in [2.05, 4.69) is 0 Å². The van der Waals surface area contributed by atoms with Gasteiger partial charge in [-0.05, 0) is 38.5 Å². The lowest BCUT2D eigenvalue weighted by Crippen LogP contribution is -2.06. The van der Waals surface area contributed by atoms with Gasteiger partial charge in [0.25, 0.3) is 0 Å². The second-order valence-electron chi connectivity index (χ2n) is 3.58. The van der Waals surface area contributed by atoms with E-state index in [9.17, 15) is 0 Å². The zero-order chi connectivity index (χ0) is 11.3. The highest BCUT2D eigenvalue weighted by Gasteiger charge is 2.05. The summed E-state index contributed by atoms with van der Waals surface area (Å²) in [4.78, 5) is 0. The first-order valence-electron chi connectivity index (χ1n) is 5.14. The minimum absolute atomic E-state index is 0.159. The molecule has 0 amide bonds. The van der Waals surface area contributed by atoms with E-state index in [1.54, 1.807) is 7.11 Å². The van der Waals surface area contributed by atoms with Crippen molar-refractivity contribution in [3.05, 3.63) is 29.8 Å². The molecule has 2 heteroatoms. The van der Waals surface area contributed by atoms with E-state index in [4.69, 9.17) is 9.47 Å². The molecule has 1 aromatic carbocycles. The molecule has 82 valence electrons. The quantitative estimate of drug-likeness (QED) is 0.750. The molecular weight excluding hydrogens is 188 g/mol. The standard InChI is InChI=1S/C13H18O2/c1-5-6-11-7-8-12(15-10(2)3)13(9-11)14-4/h5-10H,1-4H3/b6-5+. The van der Waals surface area contributed by atoms with Crippen molar-refractivity contribution >= 4 is 6.08 Å². The zero-order valence-electron chi connectivity index (χ0n) is 9.78. The van der Waals surface area contributed by atoms with Gasteiger partial charge in [-0.15, -0.1) is 0 Å². The normalized spacial score (nSPS) is 11.0. The molecule has 0 radical (unpaired) electrons. The van der Waals surface area contributed by atoms with Crippen LogP contribution in [0.15, 0.2) is 24.3 Å². The van der Waals surface area contributed by atoms with Crippen molar-refractivity contribution in [3.63, 3.8) is 0 Å². The maximum absolute atomic E-state index is 5.62. The molecule has 15 heavy (non-hydrogen) atoms. The molecule has 0 saturated heterocycles. The Hall–Kier alpha value is -1.44. The largest absolute Gasteiger partial charge is 0.493 e. The highest BCUT2D eigenvalue weighted by molar-refractivity contribution is 5.55. The molecule has 1 aromatic rings. The van der Waals surface area contributed by atoms with Crippen molar-refractivity contribution in [2.45, 2.75) is 26.9 Å². The third-order valence-corrected chi connectivity index (χ3v) is 1.91. The fourth-order valence-electron chi connectivity index (χ4n) is 1.33. The Labute approximate surface area is 91.5 Å². The molecule has 0 unspecified atom stereocenters. The maximum atomic E-state index is 5.62. The SMILES string of the molecule is C/C=C/c1ccc(OC(C)C)c(OC)c1. The summed E-state index contributed by atoms with van der Waals surface area (Å²) in [6.07, 6.45) is 4.19. The summed E-state index contributed by atoms with van der Waals surface area (Å²) in [6, 6.07) is 5.92. The molecule has 0 spiro atoms. The van der Waals surface area contributed by atoms with Gasteiger partial charge in [-0.3, -0.25) is 0 Å². The van der Waals surface area contributed by atoms with E-state index in [0.717, 1.165) is 17.1 Å². The van der Waals surface area contributed by atoms with Gasteiger partial charge in [0, 0.05) is 0 Å². The van der Waals surface area contributed by atoms with Gasteiger partial charge in [0.15, 0.2) is 11.5 Å². The van der Waals surface area contributed by atoms with Crippen LogP contribution in [0.1, 0.15) is 26.3 Å². The van der Waals surface area contributed by atoms with Gasteiger partial charge < -0.3 is 9.47 Å². The first kappa shape index (κ1) is 11.6. The lowest BCUT2D eigenvalue weighted by molar-refractivity contribution is 0.230. The van der Waals surface area contributed by atoms with Crippen molar-refractivity contribution < 1.29 is 9.47 Å². The number of benzene rings is 1. The maximum Gasteiger partial charge on any atom is 0.161 e. The third kappa shape index (κ3) is 3.31. The molecule has 0 N–H and O–H groups in total. The number of allylic oxidation sites excluding steroid dienone is 1. The molecule has 2 nitrogen and oxygen atoms in total. The molecule has 0 aliphatic rings. The highest BCUT2D eigenvalue weighted by atomic mass is 16.5. The fourth-order valence-corrected chi connectivity index (χ4v) is 1.33.